The van der Waals surface area contributed by atoms with Gasteiger partial charge in [-0.05, 0) is 24.9 Å². The fourth-order valence-corrected chi connectivity index (χ4v) is 1.87. The molecule has 0 bridgehead atoms. The van der Waals surface area contributed by atoms with Crippen molar-refractivity contribution in [3.63, 3.8) is 0 Å². The molecule has 4 heteroatoms. The maximum atomic E-state index is 5.53. The molecular weight excluding hydrogens is 212 g/mol. The molecule has 1 heterocycles. The third-order valence-electron chi connectivity index (χ3n) is 2.73. The van der Waals surface area contributed by atoms with Crippen LogP contribution >= 0.6 is 0 Å². The van der Waals surface area contributed by atoms with Gasteiger partial charge in [0.2, 0.25) is 0 Å². The molecule has 1 aromatic carbocycles. The average Bonchev–Trinajstić information content (AvgIpc) is 2.79. The Morgan fingerprint density at radius 1 is 1.24 bits per heavy atom. The maximum Gasteiger partial charge on any atom is 0.163 e. The summed E-state index contributed by atoms with van der Waals surface area (Å²) in [6, 6.07) is 8.38. The Bertz CT molecular complexity index is 459. The molecule has 2 aromatic rings. The predicted octanol–water partition coefficient (Wildman–Crippen LogP) is 1.86. The van der Waals surface area contributed by atoms with Gasteiger partial charge in [-0.25, -0.2) is 0 Å². The Morgan fingerprint density at radius 3 is 2.65 bits per heavy atom. The molecule has 0 unspecified atom stereocenters. The Labute approximate surface area is 101 Å². The lowest BCUT2D eigenvalue weighted by Crippen LogP contribution is -2.02. The molecular formula is C13H18N4. The van der Waals surface area contributed by atoms with Gasteiger partial charge in [-0.2, -0.15) is 0 Å². The number of aromatic nitrogens is 3. The van der Waals surface area contributed by atoms with Crippen molar-refractivity contribution in [1.82, 2.24) is 14.8 Å². The fraction of sp³-hybridized carbons (Fsp3) is 0.385. The summed E-state index contributed by atoms with van der Waals surface area (Å²) in [4.78, 5) is 0. The zero-order valence-corrected chi connectivity index (χ0v) is 10.1. The Balaban J connectivity index is 2.23. The quantitative estimate of drug-likeness (QED) is 0.853. The van der Waals surface area contributed by atoms with Crippen LogP contribution in [-0.2, 0) is 13.0 Å². The first-order chi connectivity index (χ1) is 8.35. The van der Waals surface area contributed by atoms with E-state index in [9.17, 15) is 0 Å². The molecule has 0 atom stereocenters. The van der Waals surface area contributed by atoms with Gasteiger partial charge < -0.3 is 10.3 Å². The van der Waals surface area contributed by atoms with E-state index in [-0.39, 0.29) is 0 Å². The van der Waals surface area contributed by atoms with Gasteiger partial charge in [-0.15, -0.1) is 10.2 Å². The molecule has 0 saturated carbocycles. The van der Waals surface area contributed by atoms with Gasteiger partial charge in [-0.3, -0.25) is 0 Å². The summed E-state index contributed by atoms with van der Waals surface area (Å²) in [5.41, 5.74) is 7.90. The summed E-state index contributed by atoms with van der Waals surface area (Å²) in [6.45, 7) is 3.78. The highest BCUT2D eigenvalue weighted by Gasteiger charge is 2.06. The van der Waals surface area contributed by atoms with Gasteiger partial charge in [0.15, 0.2) is 5.82 Å². The Kier molecular flexibility index (Phi) is 3.88. The van der Waals surface area contributed by atoms with Crippen LogP contribution in [0.4, 0.5) is 0 Å². The van der Waals surface area contributed by atoms with Crippen LogP contribution in [0.3, 0.4) is 0 Å². The number of aryl methyl sites for hydroxylation is 1. The van der Waals surface area contributed by atoms with E-state index >= 15 is 0 Å². The van der Waals surface area contributed by atoms with Crippen molar-refractivity contribution in [1.29, 1.82) is 0 Å². The maximum absolute atomic E-state index is 5.53. The molecule has 4 nitrogen and oxygen atoms in total. The SMILES string of the molecule is CCCn1cnnc1-c1ccc(CCN)cc1. The van der Waals surface area contributed by atoms with Crippen LogP contribution in [0.5, 0.6) is 0 Å². The highest BCUT2D eigenvalue weighted by atomic mass is 15.3. The predicted molar refractivity (Wildman–Crippen MR) is 68.5 cm³/mol. The molecule has 0 spiro atoms. The van der Waals surface area contributed by atoms with Crippen LogP contribution in [0.1, 0.15) is 18.9 Å². The van der Waals surface area contributed by atoms with E-state index < -0.39 is 0 Å². The van der Waals surface area contributed by atoms with Gasteiger partial charge in [0, 0.05) is 12.1 Å². The van der Waals surface area contributed by atoms with Crippen LogP contribution in [-0.4, -0.2) is 21.3 Å². The number of hydrogen-bond donors (Lipinski definition) is 1. The topological polar surface area (TPSA) is 56.7 Å². The molecule has 90 valence electrons. The molecule has 0 aliphatic rings. The molecule has 17 heavy (non-hydrogen) atoms. The van der Waals surface area contributed by atoms with Crippen LogP contribution in [0, 0.1) is 0 Å². The molecule has 0 amide bonds. The molecule has 0 radical (unpaired) electrons. The minimum absolute atomic E-state index is 0.686. The van der Waals surface area contributed by atoms with Gasteiger partial charge in [0.25, 0.3) is 0 Å². The number of hydrogen-bond acceptors (Lipinski definition) is 3. The summed E-state index contributed by atoms with van der Waals surface area (Å²) >= 11 is 0. The van der Waals surface area contributed by atoms with Crippen molar-refractivity contribution in [2.45, 2.75) is 26.3 Å². The number of nitrogens with two attached hydrogens (primary N) is 1. The number of benzene rings is 1. The summed E-state index contributed by atoms with van der Waals surface area (Å²) < 4.78 is 2.08. The molecule has 0 aliphatic carbocycles. The Hall–Kier alpha value is -1.68. The molecule has 0 aliphatic heterocycles. The van der Waals surface area contributed by atoms with E-state index in [0.717, 1.165) is 30.8 Å². The van der Waals surface area contributed by atoms with Crippen LogP contribution in [0.2, 0.25) is 0 Å². The lowest BCUT2D eigenvalue weighted by atomic mass is 10.1. The van der Waals surface area contributed by atoms with E-state index in [1.165, 1.54) is 5.56 Å². The van der Waals surface area contributed by atoms with Gasteiger partial charge >= 0.3 is 0 Å². The second-order valence-electron chi connectivity index (χ2n) is 4.08. The first-order valence-electron chi connectivity index (χ1n) is 6.02. The normalized spacial score (nSPS) is 10.7. The summed E-state index contributed by atoms with van der Waals surface area (Å²) in [5.74, 6) is 0.936. The molecule has 2 N–H and O–H groups in total. The second kappa shape index (κ2) is 5.59. The smallest absolute Gasteiger partial charge is 0.163 e. The van der Waals surface area contributed by atoms with Gasteiger partial charge in [0.1, 0.15) is 6.33 Å². The fourth-order valence-electron chi connectivity index (χ4n) is 1.87. The van der Waals surface area contributed by atoms with Gasteiger partial charge in [-0.1, -0.05) is 31.2 Å². The first kappa shape index (κ1) is 11.8. The molecule has 2 rings (SSSR count). The van der Waals surface area contributed by atoms with Crippen LogP contribution < -0.4 is 5.73 Å². The lowest BCUT2D eigenvalue weighted by molar-refractivity contribution is 0.682. The molecule has 1 aromatic heterocycles. The third kappa shape index (κ3) is 2.71. The monoisotopic (exact) mass is 230 g/mol. The first-order valence-corrected chi connectivity index (χ1v) is 6.02. The van der Waals surface area contributed by atoms with Crippen LogP contribution in [0.15, 0.2) is 30.6 Å². The standard InChI is InChI=1S/C13H18N4/c1-2-9-17-10-15-16-13(17)12-5-3-11(4-6-12)7-8-14/h3-6,10H,2,7-9,14H2,1H3. The zero-order valence-electron chi connectivity index (χ0n) is 10.1. The van der Waals surface area contributed by atoms with Gasteiger partial charge in [0.05, 0.1) is 0 Å². The Morgan fingerprint density at radius 2 is 2.00 bits per heavy atom. The minimum Gasteiger partial charge on any atom is -0.330 e. The third-order valence-corrected chi connectivity index (χ3v) is 2.73. The van der Waals surface area contributed by atoms with Crippen molar-refractivity contribution < 1.29 is 0 Å². The van der Waals surface area contributed by atoms with E-state index in [2.05, 4.69) is 46.0 Å². The van der Waals surface area contributed by atoms with Crippen molar-refractivity contribution in [2.75, 3.05) is 6.54 Å². The van der Waals surface area contributed by atoms with Crippen molar-refractivity contribution in [3.8, 4) is 11.4 Å². The van der Waals surface area contributed by atoms with E-state index in [1.807, 2.05) is 0 Å². The zero-order chi connectivity index (χ0) is 12.1. The summed E-state index contributed by atoms with van der Waals surface area (Å²) in [5, 5.41) is 8.14. The van der Waals surface area contributed by atoms with E-state index in [1.54, 1.807) is 6.33 Å². The van der Waals surface area contributed by atoms with Crippen molar-refractivity contribution in [3.05, 3.63) is 36.2 Å². The highest BCUT2D eigenvalue weighted by molar-refractivity contribution is 5.55. The minimum atomic E-state index is 0.686. The number of nitrogens with zero attached hydrogens (tertiary/aromatic N) is 3. The summed E-state index contributed by atoms with van der Waals surface area (Å²) in [7, 11) is 0. The van der Waals surface area contributed by atoms with E-state index in [4.69, 9.17) is 5.73 Å². The average molecular weight is 230 g/mol. The summed E-state index contributed by atoms with van der Waals surface area (Å²) in [6.07, 6.45) is 3.78. The molecule has 0 saturated heterocycles. The molecule has 0 fully saturated rings. The second-order valence-corrected chi connectivity index (χ2v) is 4.08. The lowest BCUT2D eigenvalue weighted by Gasteiger charge is -2.05. The highest BCUT2D eigenvalue weighted by Crippen LogP contribution is 2.17. The van der Waals surface area contributed by atoms with Crippen molar-refractivity contribution >= 4 is 0 Å². The number of rotatable bonds is 5. The largest absolute Gasteiger partial charge is 0.330 e. The van der Waals surface area contributed by atoms with E-state index in [0.29, 0.717) is 6.54 Å². The van der Waals surface area contributed by atoms with Crippen LogP contribution in [0.25, 0.3) is 11.4 Å². The van der Waals surface area contributed by atoms with Crippen molar-refractivity contribution in [2.24, 2.45) is 5.73 Å².